The van der Waals surface area contributed by atoms with Crippen molar-refractivity contribution in [1.29, 1.82) is 0 Å². The molecule has 6 heteroatoms. The summed E-state index contributed by atoms with van der Waals surface area (Å²) in [6.07, 6.45) is 5.68. The minimum absolute atomic E-state index is 0.0168. The first kappa shape index (κ1) is 24.0. The van der Waals surface area contributed by atoms with E-state index in [1.54, 1.807) is 6.08 Å². The summed E-state index contributed by atoms with van der Waals surface area (Å²) in [6, 6.07) is 0. The third-order valence-electron chi connectivity index (χ3n) is 5.64. The molecular formula is C21H34F3O3-. The summed E-state index contributed by atoms with van der Waals surface area (Å²) >= 11 is 0. The van der Waals surface area contributed by atoms with E-state index in [0.717, 1.165) is 38.5 Å². The van der Waals surface area contributed by atoms with Crippen LogP contribution in [0.4, 0.5) is 13.2 Å². The Morgan fingerprint density at radius 3 is 2.52 bits per heavy atom. The molecule has 158 valence electrons. The van der Waals surface area contributed by atoms with E-state index < -0.39 is 24.2 Å². The van der Waals surface area contributed by atoms with Gasteiger partial charge in [-0.1, -0.05) is 51.2 Å². The van der Waals surface area contributed by atoms with Gasteiger partial charge in [-0.25, -0.2) is 0 Å². The molecular weight excluding hydrogens is 357 g/mol. The van der Waals surface area contributed by atoms with Crippen LogP contribution in [0.25, 0.3) is 0 Å². The van der Waals surface area contributed by atoms with Gasteiger partial charge in [0.15, 0.2) is 0 Å². The van der Waals surface area contributed by atoms with Crippen LogP contribution in [-0.4, -0.2) is 23.4 Å². The number of unbranched alkanes of at least 4 members (excludes halogenated alkanes) is 3. The number of halogens is 3. The Morgan fingerprint density at radius 1 is 1.19 bits per heavy atom. The third-order valence-corrected chi connectivity index (χ3v) is 5.64. The Hall–Kier alpha value is -1.04. The normalized spacial score (nSPS) is 23.0. The summed E-state index contributed by atoms with van der Waals surface area (Å²) in [5, 5.41) is 20.4. The number of hydrogen-bond donors (Lipinski definition) is 1. The second kappa shape index (κ2) is 12.4. The van der Waals surface area contributed by atoms with E-state index in [2.05, 4.69) is 6.92 Å². The quantitative estimate of drug-likeness (QED) is 0.363. The van der Waals surface area contributed by atoms with Gasteiger partial charge in [-0.2, -0.15) is 13.2 Å². The maximum absolute atomic E-state index is 13.4. The number of carboxylic acids is 1. The lowest BCUT2D eigenvalue weighted by Crippen LogP contribution is -2.27. The predicted molar refractivity (Wildman–Crippen MR) is 97.8 cm³/mol. The standard InChI is InChI=1S/C21H35F3O3/c1-2-3-4-11-19(25)14-13-16-8-7-9-17(16)15-18(21(22,23)24)10-5-6-12-20(26)27/h13-14,16-19,25H,2-12,15H2,1H3,(H,26,27)/p-1/b14-13+/t16-,17-,18?,19?/m1/s1. The Kier molecular flexibility index (Phi) is 11.0. The summed E-state index contributed by atoms with van der Waals surface area (Å²) in [4.78, 5) is 10.4. The zero-order valence-electron chi connectivity index (χ0n) is 16.3. The first-order chi connectivity index (χ1) is 12.7. The van der Waals surface area contributed by atoms with Crippen LogP contribution >= 0.6 is 0 Å². The molecule has 0 heterocycles. The fourth-order valence-corrected chi connectivity index (χ4v) is 4.02. The summed E-state index contributed by atoms with van der Waals surface area (Å²) in [5.74, 6) is -2.51. The number of carbonyl (C=O) groups is 1. The van der Waals surface area contributed by atoms with E-state index in [1.807, 2.05) is 6.08 Å². The molecule has 1 aliphatic carbocycles. The first-order valence-electron chi connectivity index (χ1n) is 10.4. The average Bonchev–Trinajstić information content (AvgIpc) is 3.02. The molecule has 1 saturated carbocycles. The number of allylic oxidation sites excluding steroid dienone is 1. The van der Waals surface area contributed by atoms with Crippen LogP contribution < -0.4 is 5.11 Å². The minimum atomic E-state index is -4.25. The molecule has 0 saturated heterocycles. The van der Waals surface area contributed by atoms with Crippen LogP contribution in [0.3, 0.4) is 0 Å². The number of carboxylic acid groups (broad SMARTS) is 1. The van der Waals surface area contributed by atoms with Gasteiger partial charge in [0.25, 0.3) is 0 Å². The van der Waals surface area contributed by atoms with Crippen LogP contribution in [0.2, 0.25) is 0 Å². The van der Waals surface area contributed by atoms with E-state index in [4.69, 9.17) is 0 Å². The molecule has 0 aliphatic heterocycles. The third kappa shape index (κ3) is 10.2. The molecule has 0 amide bonds. The largest absolute Gasteiger partial charge is 0.550 e. The molecule has 0 radical (unpaired) electrons. The molecule has 0 aromatic heterocycles. The number of hydrogen-bond acceptors (Lipinski definition) is 3. The van der Waals surface area contributed by atoms with Crippen molar-refractivity contribution in [1.82, 2.24) is 0 Å². The van der Waals surface area contributed by atoms with Crippen LogP contribution in [0, 0.1) is 17.8 Å². The SMILES string of the molecule is CCCCCC(O)/C=C/[C@H]1CCC[C@@H]1CC(CCCCC(=O)[O-])C(F)(F)F. The number of aliphatic hydroxyl groups excluding tert-OH is 1. The Labute approximate surface area is 161 Å². The van der Waals surface area contributed by atoms with Crippen LogP contribution in [0.5, 0.6) is 0 Å². The van der Waals surface area contributed by atoms with E-state index in [-0.39, 0.29) is 43.9 Å². The topological polar surface area (TPSA) is 60.4 Å². The summed E-state index contributed by atoms with van der Waals surface area (Å²) in [6.45, 7) is 2.10. The fourth-order valence-electron chi connectivity index (χ4n) is 4.02. The average molecular weight is 391 g/mol. The second-order valence-electron chi connectivity index (χ2n) is 7.89. The second-order valence-corrected chi connectivity index (χ2v) is 7.89. The van der Waals surface area contributed by atoms with Crippen molar-refractivity contribution in [3.8, 4) is 0 Å². The molecule has 0 spiro atoms. The number of alkyl halides is 3. The molecule has 2 unspecified atom stereocenters. The van der Waals surface area contributed by atoms with Crippen molar-refractivity contribution in [2.45, 2.75) is 96.3 Å². The molecule has 4 atom stereocenters. The first-order valence-corrected chi connectivity index (χ1v) is 10.4. The summed E-state index contributed by atoms with van der Waals surface area (Å²) < 4.78 is 40.2. The lowest BCUT2D eigenvalue weighted by molar-refractivity contribution is -0.305. The number of aliphatic hydroxyl groups is 1. The molecule has 1 N–H and O–H groups in total. The van der Waals surface area contributed by atoms with Gasteiger partial charge in [-0.15, -0.1) is 0 Å². The fraction of sp³-hybridized carbons (Fsp3) is 0.857. The molecule has 1 fully saturated rings. The summed E-state index contributed by atoms with van der Waals surface area (Å²) in [5.41, 5.74) is 0. The maximum atomic E-state index is 13.4. The predicted octanol–water partition coefficient (Wildman–Crippen LogP) is 4.78. The van der Waals surface area contributed by atoms with E-state index in [1.165, 1.54) is 0 Å². The van der Waals surface area contributed by atoms with E-state index >= 15 is 0 Å². The van der Waals surface area contributed by atoms with E-state index in [0.29, 0.717) is 6.42 Å². The zero-order chi connectivity index (χ0) is 20.3. The summed E-state index contributed by atoms with van der Waals surface area (Å²) in [7, 11) is 0. The highest BCUT2D eigenvalue weighted by atomic mass is 19.4. The van der Waals surface area contributed by atoms with Gasteiger partial charge in [0, 0.05) is 5.97 Å². The highest BCUT2D eigenvalue weighted by molar-refractivity contribution is 5.64. The minimum Gasteiger partial charge on any atom is -0.550 e. The van der Waals surface area contributed by atoms with Crippen LogP contribution in [-0.2, 0) is 4.79 Å². The number of aliphatic carboxylic acids is 1. The molecule has 27 heavy (non-hydrogen) atoms. The Balaban J connectivity index is 2.53. The van der Waals surface area contributed by atoms with Crippen LogP contribution in [0.1, 0.15) is 84.0 Å². The van der Waals surface area contributed by atoms with Gasteiger partial charge in [0.1, 0.15) is 0 Å². The van der Waals surface area contributed by atoms with Gasteiger partial charge >= 0.3 is 6.18 Å². The van der Waals surface area contributed by atoms with Crippen molar-refractivity contribution in [3.63, 3.8) is 0 Å². The molecule has 0 bridgehead atoms. The molecule has 0 aromatic rings. The van der Waals surface area contributed by atoms with Gasteiger partial charge in [-0.05, 0) is 56.8 Å². The van der Waals surface area contributed by atoms with Crippen molar-refractivity contribution < 1.29 is 28.2 Å². The van der Waals surface area contributed by atoms with Gasteiger partial charge in [0.2, 0.25) is 0 Å². The zero-order valence-corrected chi connectivity index (χ0v) is 16.3. The number of rotatable bonds is 13. The Morgan fingerprint density at radius 2 is 1.89 bits per heavy atom. The van der Waals surface area contributed by atoms with Crippen LogP contribution in [0.15, 0.2) is 12.2 Å². The number of carbonyl (C=O) groups excluding carboxylic acids is 1. The van der Waals surface area contributed by atoms with Gasteiger partial charge in [0.05, 0.1) is 12.0 Å². The molecule has 1 rings (SSSR count). The van der Waals surface area contributed by atoms with Gasteiger partial charge < -0.3 is 15.0 Å². The molecule has 3 nitrogen and oxygen atoms in total. The Bertz CT molecular complexity index is 448. The van der Waals surface area contributed by atoms with Crippen molar-refractivity contribution in [2.24, 2.45) is 17.8 Å². The van der Waals surface area contributed by atoms with Gasteiger partial charge in [-0.3, -0.25) is 0 Å². The highest BCUT2D eigenvalue weighted by Gasteiger charge is 2.41. The maximum Gasteiger partial charge on any atom is 0.391 e. The highest BCUT2D eigenvalue weighted by Crippen LogP contribution is 2.42. The smallest absolute Gasteiger partial charge is 0.391 e. The molecule has 0 aromatic carbocycles. The van der Waals surface area contributed by atoms with Crippen molar-refractivity contribution >= 4 is 5.97 Å². The lowest BCUT2D eigenvalue weighted by atomic mass is 9.83. The lowest BCUT2D eigenvalue weighted by Gasteiger charge is -2.26. The molecule has 1 aliphatic rings. The van der Waals surface area contributed by atoms with E-state index in [9.17, 15) is 28.2 Å². The van der Waals surface area contributed by atoms with Crippen molar-refractivity contribution in [3.05, 3.63) is 12.2 Å². The monoisotopic (exact) mass is 391 g/mol. The van der Waals surface area contributed by atoms with Crippen molar-refractivity contribution in [2.75, 3.05) is 0 Å².